The number of aliphatic hydroxyl groups excluding tert-OH is 1. The van der Waals surface area contributed by atoms with Crippen molar-refractivity contribution >= 4 is 0 Å². The summed E-state index contributed by atoms with van der Waals surface area (Å²) in [6.07, 6.45) is 11.2. The Morgan fingerprint density at radius 1 is 1.12 bits per heavy atom. The second-order valence-corrected chi connectivity index (χ2v) is 12.4. The van der Waals surface area contributed by atoms with E-state index in [1.165, 1.54) is 32.1 Å². The Bertz CT molecular complexity index is 814. The summed E-state index contributed by atoms with van der Waals surface area (Å²) in [5.74, 6) is 5.05. The van der Waals surface area contributed by atoms with Gasteiger partial charge in [-0.2, -0.15) is 4.80 Å². The number of hydrogen-bond donors (Lipinski definition) is 2. The standard InChI is InChI=1S/C26H44N4O2/c1-5-10-26(32)12-9-19-18(14-26)6-7-21-20(19)8-11-25(4)22(21)13-23(31)24(25)16(2)15-30-28-17(3)27-29-30/h16,18-24,31-32H,5-15H2,1-4H3/t16?,18-,19+,20-,21-,22+,23+,24+,25+,26-/m1/s1. The molecule has 0 bridgehead atoms. The summed E-state index contributed by atoms with van der Waals surface area (Å²) >= 11 is 0. The van der Waals surface area contributed by atoms with Gasteiger partial charge in [-0.1, -0.05) is 27.2 Å². The van der Waals surface area contributed by atoms with Crippen molar-refractivity contribution < 1.29 is 10.2 Å². The van der Waals surface area contributed by atoms with Gasteiger partial charge < -0.3 is 10.2 Å². The number of aliphatic hydroxyl groups is 2. The Balaban J connectivity index is 1.31. The van der Waals surface area contributed by atoms with Crippen molar-refractivity contribution in [3.05, 3.63) is 5.82 Å². The fourth-order valence-corrected chi connectivity index (χ4v) is 9.51. The van der Waals surface area contributed by atoms with Crippen LogP contribution in [-0.4, -0.2) is 42.1 Å². The lowest BCUT2D eigenvalue weighted by molar-refractivity contribution is -0.111. The van der Waals surface area contributed by atoms with Crippen LogP contribution >= 0.6 is 0 Å². The molecular formula is C26H44N4O2. The molecule has 0 saturated heterocycles. The highest BCUT2D eigenvalue weighted by molar-refractivity contribution is 5.10. The maximum Gasteiger partial charge on any atom is 0.171 e. The van der Waals surface area contributed by atoms with E-state index < -0.39 is 5.60 Å². The van der Waals surface area contributed by atoms with Gasteiger partial charge in [-0.25, -0.2) is 0 Å². The fraction of sp³-hybridized carbons (Fsp3) is 0.962. The summed E-state index contributed by atoms with van der Waals surface area (Å²) in [6.45, 7) is 9.57. The molecule has 0 amide bonds. The minimum Gasteiger partial charge on any atom is -0.393 e. The number of aromatic nitrogens is 4. The SMILES string of the molecule is CCC[C@@]1(O)CC[C@H]2[C@H](CC[C@@H]3[C@@H]2CC[C@@]2(C)[C@H]3C[C@H](O)[C@@H]2C(C)Cn2nnc(C)n2)C1. The van der Waals surface area contributed by atoms with Crippen molar-refractivity contribution in [2.24, 2.45) is 46.8 Å². The van der Waals surface area contributed by atoms with Crippen LogP contribution in [0.3, 0.4) is 0 Å². The second kappa shape index (κ2) is 8.33. The molecule has 5 rings (SSSR count). The Kier molecular flexibility index (Phi) is 5.93. The Hall–Kier alpha value is -1.01. The third-order valence-corrected chi connectivity index (χ3v) is 10.5. The number of fused-ring (bicyclic) bond motifs is 5. The van der Waals surface area contributed by atoms with E-state index in [9.17, 15) is 10.2 Å². The first-order chi connectivity index (χ1) is 15.2. The molecule has 4 aliphatic carbocycles. The van der Waals surface area contributed by atoms with Gasteiger partial charge in [0.1, 0.15) is 0 Å². The first kappa shape index (κ1) is 22.8. The van der Waals surface area contributed by atoms with Crippen LogP contribution in [-0.2, 0) is 6.54 Å². The van der Waals surface area contributed by atoms with Crippen LogP contribution in [0.25, 0.3) is 0 Å². The molecule has 6 heteroatoms. The van der Waals surface area contributed by atoms with Gasteiger partial charge in [0.15, 0.2) is 5.82 Å². The Labute approximate surface area is 193 Å². The maximum atomic E-state index is 11.3. The molecule has 4 fully saturated rings. The largest absolute Gasteiger partial charge is 0.393 e. The van der Waals surface area contributed by atoms with Gasteiger partial charge in [-0.05, 0) is 117 Å². The van der Waals surface area contributed by atoms with Crippen molar-refractivity contribution in [2.75, 3.05) is 0 Å². The number of aryl methyl sites for hydroxylation is 1. The molecule has 2 N–H and O–H groups in total. The van der Waals surface area contributed by atoms with Gasteiger partial charge in [0.25, 0.3) is 0 Å². The van der Waals surface area contributed by atoms with E-state index in [1.54, 1.807) is 4.80 Å². The normalized spacial score (nSPS) is 46.9. The highest BCUT2D eigenvalue weighted by atomic mass is 16.3. The van der Waals surface area contributed by atoms with E-state index in [2.05, 4.69) is 36.2 Å². The summed E-state index contributed by atoms with van der Waals surface area (Å²) < 4.78 is 0. The lowest BCUT2D eigenvalue weighted by Gasteiger charge is -2.57. The van der Waals surface area contributed by atoms with E-state index in [-0.39, 0.29) is 11.5 Å². The molecule has 0 spiro atoms. The number of hydrogen-bond acceptors (Lipinski definition) is 5. The van der Waals surface area contributed by atoms with Gasteiger partial charge in [-0.15, -0.1) is 10.2 Å². The zero-order valence-corrected chi connectivity index (χ0v) is 20.6. The minimum atomic E-state index is -0.399. The zero-order chi connectivity index (χ0) is 22.7. The van der Waals surface area contributed by atoms with E-state index >= 15 is 0 Å². The maximum absolute atomic E-state index is 11.3. The van der Waals surface area contributed by atoms with Crippen LogP contribution in [0, 0.1) is 53.8 Å². The Morgan fingerprint density at radius 3 is 2.62 bits per heavy atom. The lowest BCUT2D eigenvalue weighted by atomic mass is 9.48. The molecule has 0 aromatic carbocycles. The number of tetrazole rings is 1. The smallest absolute Gasteiger partial charge is 0.171 e. The first-order valence-electron chi connectivity index (χ1n) is 13.4. The van der Waals surface area contributed by atoms with Gasteiger partial charge in [0, 0.05) is 0 Å². The van der Waals surface area contributed by atoms with Crippen molar-refractivity contribution in [3.8, 4) is 0 Å². The van der Waals surface area contributed by atoms with Crippen molar-refractivity contribution in [3.63, 3.8) is 0 Å². The zero-order valence-electron chi connectivity index (χ0n) is 20.6. The molecule has 1 aromatic heterocycles. The molecule has 0 aliphatic heterocycles. The van der Waals surface area contributed by atoms with Crippen LogP contribution in [0.1, 0.15) is 90.8 Å². The summed E-state index contributed by atoms with van der Waals surface area (Å²) in [7, 11) is 0. The van der Waals surface area contributed by atoms with E-state index in [0.717, 1.165) is 56.4 Å². The fourth-order valence-electron chi connectivity index (χ4n) is 9.51. The molecule has 10 atom stereocenters. The molecule has 1 heterocycles. The van der Waals surface area contributed by atoms with Gasteiger partial charge in [-0.3, -0.25) is 0 Å². The molecule has 1 unspecified atom stereocenters. The number of nitrogens with zero attached hydrogens (tertiary/aromatic N) is 4. The predicted octanol–water partition coefficient (Wildman–Crippen LogP) is 4.39. The molecule has 1 aromatic rings. The van der Waals surface area contributed by atoms with Crippen molar-refractivity contribution in [1.82, 2.24) is 20.2 Å². The van der Waals surface area contributed by atoms with Crippen LogP contribution < -0.4 is 0 Å². The van der Waals surface area contributed by atoms with Crippen LogP contribution in [0.4, 0.5) is 0 Å². The van der Waals surface area contributed by atoms with E-state index in [4.69, 9.17) is 0 Å². The number of rotatable bonds is 5. The molecular weight excluding hydrogens is 400 g/mol. The third kappa shape index (κ3) is 3.73. The average molecular weight is 445 g/mol. The highest BCUT2D eigenvalue weighted by Gasteiger charge is 2.61. The lowest BCUT2D eigenvalue weighted by Crippen LogP contribution is -2.51. The van der Waals surface area contributed by atoms with Gasteiger partial charge in [0.2, 0.25) is 0 Å². The summed E-state index contributed by atoms with van der Waals surface area (Å²) in [5, 5.41) is 35.0. The molecule has 0 radical (unpaired) electrons. The van der Waals surface area contributed by atoms with Gasteiger partial charge in [0.05, 0.1) is 18.2 Å². The van der Waals surface area contributed by atoms with Gasteiger partial charge >= 0.3 is 0 Å². The van der Waals surface area contributed by atoms with Crippen LogP contribution in [0.15, 0.2) is 0 Å². The first-order valence-corrected chi connectivity index (χ1v) is 13.4. The van der Waals surface area contributed by atoms with E-state index in [1.807, 2.05) is 6.92 Å². The topological polar surface area (TPSA) is 84.1 Å². The molecule has 180 valence electrons. The Morgan fingerprint density at radius 2 is 1.91 bits per heavy atom. The van der Waals surface area contributed by atoms with Crippen molar-refractivity contribution in [1.29, 1.82) is 0 Å². The predicted molar refractivity (Wildman–Crippen MR) is 124 cm³/mol. The van der Waals surface area contributed by atoms with E-state index in [0.29, 0.717) is 29.5 Å². The average Bonchev–Trinajstić information content (AvgIpc) is 3.26. The summed E-state index contributed by atoms with van der Waals surface area (Å²) in [6, 6.07) is 0. The second-order valence-electron chi connectivity index (χ2n) is 12.4. The quantitative estimate of drug-likeness (QED) is 0.704. The molecule has 4 aliphatic rings. The minimum absolute atomic E-state index is 0.208. The van der Waals surface area contributed by atoms with Crippen LogP contribution in [0.5, 0.6) is 0 Å². The molecule has 6 nitrogen and oxygen atoms in total. The third-order valence-electron chi connectivity index (χ3n) is 10.5. The van der Waals surface area contributed by atoms with Crippen molar-refractivity contribution in [2.45, 2.75) is 110 Å². The summed E-state index contributed by atoms with van der Waals surface area (Å²) in [5.41, 5.74) is -0.191. The molecule has 32 heavy (non-hydrogen) atoms. The van der Waals surface area contributed by atoms with Crippen LogP contribution in [0.2, 0.25) is 0 Å². The molecule has 4 saturated carbocycles. The summed E-state index contributed by atoms with van der Waals surface area (Å²) in [4.78, 5) is 1.72. The highest BCUT2D eigenvalue weighted by Crippen LogP contribution is 2.65. The monoisotopic (exact) mass is 444 g/mol.